The maximum absolute atomic E-state index is 12.1. The van der Waals surface area contributed by atoms with Gasteiger partial charge in [-0.15, -0.1) is 0 Å². The van der Waals surface area contributed by atoms with E-state index < -0.39 is 18.5 Å². The van der Waals surface area contributed by atoms with Gasteiger partial charge in [0.05, 0.1) is 16.9 Å². The van der Waals surface area contributed by atoms with E-state index in [2.05, 4.69) is 20.4 Å². The van der Waals surface area contributed by atoms with E-state index in [0.717, 1.165) is 0 Å². The van der Waals surface area contributed by atoms with Crippen molar-refractivity contribution in [2.45, 2.75) is 0 Å². The summed E-state index contributed by atoms with van der Waals surface area (Å²) in [5.74, 6) is -1.30. The summed E-state index contributed by atoms with van der Waals surface area (Å²) in [6, 6.07) is 7.87. The summed E-state index contributed by atoms with van der Waals surface area (Å²) in [4.78, 5) is 31.7. The highest BCUT2D eigenvalue weighted by molar-refractivity contribution is 6.32. The maximum Gasteiger partial charge on any atom is 0.341 e. The van der Waals surface area contributed by atoms with E-state index >= 15 is 0 Å². The summed E-state index contributed by atoms with van der Waals surface area (Å²) in [6.45, 7) is -0.507. The van der Waals surface area contributed by atoms with Crippen molar-refractivity contribution in [3.05, 3.63) is 64.9 Å². The zero-order chi connectivity index (χ0) is 18.5. The zero-order valence-corrected chi connectivity index (χ0v) is 14.6. The van der Waals surface area contributed by atoms with Crippen LogP contribution in [0.25, 0.3) is 5.69 Å². The molecule has 0 fully saturated rings. The fraction of sp³-hybridized carbons (Fsp3) is 0.0625. The molecule has 3 rings (SSSR count). The standard InChI is InChI=1S/C16H11Cl2N5O3/c17-10-3-4-13(23-9-19-8-21-23)12(6-10)22-14(24)7-26-16(25)11-2-1-5-20-15(11)18/h1-6,8-9H,7H2,(H,22,24). The third kappa shape index (κ3) is 4.16. The number of hydrogen-bond acceptors (Lipinski definition) is 6. The van der Waals surface area contributed by atoms with E-state index in [4.69, 9.17) is 27.9 Å². The predicted molar refractivity (Wildman–Crippen MR) is 94.5 cm³/mol. The van der Waals surface area contributed by atoms with Crippen molar-refractivity contribution in [3.63, 3.8) is 0 Å². The minimum Gasteiger partial charge on any atom is -0.452 e. The lowest BCUT2D eigenvalue weighted by Crippen LogP contribution is -2.22. The second kappa shape index (κ2) is 7.94. The molecule has 3 aromatic rings. The van der Waals surface area contributed by atoms with E-state index in [1.54, 1.807) is 24.3 Å². The topological polar surface area (TPSA) is 99.0 Å². The molecule has 8 nitrogen and oxygen atoms in total. The van der Waals surface area contributed by atoms with Crippen molar-refractivity contribution in [2.24, 2.45) is 0 Å². The Hall–Kier alpha value is -2.97. The zero-order valence-electron chi connectivity index (χ0n) is 13.1. The highest BCUT2D eigenvalue weighted by atomic mass is 35.5. The van der Waals surface area contributed by atoms with Gasteiger partial charge in [-0.1, -0.05) is 23.2 Å². The van der Waals surface area contributed by atoms with Crippen molar-refractivity contribution in [1.29, 1.82) is 0 Å². The Morgan fingerprint density at radius 2 is 2.08 bits per heavy atom. The van der Waals surface area contributed by atoms with Crippen LogP contribution < -0.4 is 5.32 Å². The molecule has 0 saturated heterocycles. The van der Waals surface area contributed by atoms with Crippen molar-refractivity contribution >= 4 is 40.8 Å². The van der Waals surface area contributed by atoms with E-state index in [1.165, 1.54) is 29.6 Å². The molecule has 0 aliphatic heterocycles. The second-order valence-electron chi connectivity index (χ2n) is 4.97. The number of hydrogen-bond donors (Lipinski definition) is 1. The van der Waals surface area contributed by atoms with Crippen LogP contribution in [0.2, 0.25) is 10.2 Å². The van der Waals surface area contributed by atoms with E-state index in [1.807, 2.05) is 0 Å². The number of pyridine rings is 1. The third-order valence-electron chi connectivity index (χ3n) is 3.21. The normalized spacial score (nSPS) is 10.4. The van der Waals surface area contributed by atoms with E-state index in [0.29, 0.717) is 16.4 Å². The van der Waals surface area contributed by atoms with Crippen LogP contribution in [0.1, 0.15) is 10.4 Å². The number of esters is 1. The summed E-state index contributed by atoms with van der Waals surface area (Å²) in [7, 11) is 0. The lowest BCUT2D eigenvalue weighted by molar-refractivity contribution is -0.119. The summed E-state index contributed by atoms with van der Waals surface area (Å²) in [5, 5.41) is 7.06. The van der Waals surface area contributed by atoms with Gasteiger partial charge in [0, 0.05) is 11.2 Å². The van der Waals surface area contributed by atoms with E-state index in [9.17, 15) is 9.59 Å². The first-order chi connectivity index (χ1) is 12.5. The first-order valence-electron chi connectivity index (χ1n) is 7.26. The van der Waals surface area contributed by atoms with Gasteiger partial charge in [0.15, 0.2) is 6.61 Å². The summed E-state index contributed by atoms with van der Waals surface area (Å²) >= 11 is 11.8. The average molecular weight is 392 g/mol. The molecule has 26 heavy (non-hydrogen) atoms. The number of nitrogens with one attached hydrogen (secondary N) is 1. The maximum atomic E-state index is 12.1. The highest BCUT2D eigenvalue weighted by Gasteiger charge is 2.15. The Morgan fingerprint density at radius 3 is 2.81 bits per heavy atom. The van der Waals surface area contributed by atoms with Crippen molar-refractivity contribution in [1.82, 2.24) is 19.7 Å². The number of ether oxygens (including phenoxy) is 1. The minimum atomic E-state index is -0.749. The quantitative estimate of drug-likeness (QED) is 0.530. The monoisotopic (exact) mass is 391 g/mol. The second-order valence-corrected chi connectivity index (χ2v) is 5.76. The smallest absolute Gasteiger partial charge is 0.341 e. The molecule has 1 aromatic carbocycles. The summed E-state index contributed by atoms with van der Waals surface area (Å²) < 4.78 is 6.43. The molecule has 0 bridgehead atoms. The molecule has 2 heterocycles. The molecular formula is C16H11Cl2N5O3. The average Bonchev–Trinajstić information content (AvgIpc) is 3.14. The molecule has 0 aliphatic carbocycles. The Balaban J connectivity index is 1.68. The fourth-order valence-corrected chi connectivity index (χ4v) is 2.44. The van der Waals surface area contributed by atoms with Crippen LogP contribution in [0.4, 0.5) is 5.69 Å². The number of anilines is 1. The van der Waals surface area contributed by atoms with Crippen LogP contribution >= 0.6 is 23.2 Å². The van der Waals surface area contributed by atoms with Gasteiger partial charge in [-0.05, 0) is 30.3 Å². The van der Waals surface area contributed by atoms with Gasteiger partial charge in [-0.3, -0.25) is 4.79 Å². The fourth-order valence-electron chi connectivity index (χ4n) is 2.07. The Kier molecular flexibility index (Phi) is 5.45. The van der Waals surface area contributed by atoms with Gasteiger partial charge >= 0.3 is 5.97 Å². The molecule has 132 valence electrons. The van der Waals surface area contributed by atoms with Crippen molar-refractivity contribution in [3.8, 4) is 5.69 Å². The first kappa shape index (κ1) is 17.8. The van der Waals surface area contributed by atoms with Crippen LogP contribution in [-0.4, -0.2) is 38.2 Å². The molecule has 0 spiro atoms. The molecule has 0 unspecified atom stereocenters. The van der Waals surface area contributed by atoms with Crippen LogP contribution in [0.5, 0.6) is 0 Å². The number of carbonyl (C=O) groups is 2. The first-order valence-corrected chi connectivity index (χ1v) is 8.02. The number of aromatic nitrogens is 4. The van der Waals surface area contributed by atoms with Crippen LogP contribution in [-0.2, 0) is 9.53 Å². The molecule has 10 heteroatoms. The largest absolute Gasteiger partial charge is 0.452 e. The number of benzene rings is 1. The lowest BCUT2D eigenvalue weighted by atomic mass is 10.2. The van der Waals surface area contributed by atoms with E-state index in [-0.39, 0.29) is 10.7 Å². The number of nitrogens with zero attached hydrogens (tertiary/aromatic N) is 4. The molecule has 0 saturated carbocycles. The SMILES string of the molecule is O=C(COC(=O)c1cccnc1Cl)Nc1cc(Cl)ccc1-n1cncn1. The number of halogens is 2. The molecule has 1 N–H and O–H groups in total. The molecule has 0 atom stereocenters. The van der Waals surface area contributed by atoms with Gasteiger partial charge in [0.2, 0.25) is 0 Å². The summed E-state index contributed by atoms with van der Waals surface area (Å²) in [6.07, 6.45) is 4.28. The van der Waals surface area contributed by atoms with Gasteiger partial charge < -0.3 is 10.1 Å². The number of carbonyl (C=O) groups excluding carboxylic acids is 2. The van der Waals surface area contributed by atoms with Gasteiger partial charge in [-0.25, -0.2) is 19.4 Å². The third-order valence-corrected chi connectivity index (χ3v) is 3.75. The predicted octanol–water partition coefficient (Wildman–Crippen LogP) is 2.76. The lowest BCUT2D eigenvalue weighted by Gasteiger charge is -2.11. The van der Waals surface area contributed by atoms with Gasteiger partial charge in [0.1, 0.15) is 17.8 Å². The summed E-state index contributed by atoms with van der Waals surface area (Å²) in [5.41, 5.74) is 1.03. The number of amides is 1. The number of rotatable bonds is 5. The van der Waals surface area contributed by atoms with Crippen molar-refractivity contribution < 1.29 is 14.3 Å². The van der Waals surface area contributed by atoms with Crippen LogP contribution in [0.3, 0.4) is 0 Å². The Morgan fingerprint density at radius 1 is 1.23 bits per heavy atom. The van der Waals surface area contributed by atoms with Crippen molar-refractivity contribution in [2.75, 3.05) is 11.9 Å². The highest BCUT2D eigenvalue weighted by Crippen LogP contribution is 2.24. The van der Waals surface area contributed by atoms with Crippen LogP contribution in [0, 0.1) is 0 Å². The Bertz CT molecular complexity index is 947. The van der Waals surface area contributed by atoms with Gasteiger partial charge in [0.25, 0.3) is 5.91 Å². The van der Waals surface area contributed by atoms with Gasteiger partial charge in [-0.2, -0.15) is 5.10 Å². The minimum absolute atomic E-state index is 0.00113. The van der Waals surface area contributed by atoms with Crippen LogP contribution in [0.15, 0.2) is 49.2 Å². The molecule has 1 amide bonds. The molecule has 2 aromatic heterocycles. The molecule has 0 aliphatic rings. The molecular weight excluding hydrogens is 381 g/mol. The molecule has 0 radical (unpaired) electrons. The Labute approximate surface area is 157 Å².